The third-order valence-electron chi connectivity index (χ3n) is 2.27. The van der Waals surface area contributed by atoms with Crippen molar-refractivity contribution in [2.24, 2.45) is 5.92 Å². The highest BCUT2D eigenvalue weighted by Crippen LogP contribution is 2.16. The average Bonchev–Trinajstić information content (AvgIpc) is 2.31. The first-order chi connectivity index (χ1) is 7.65. The Labute approximate surface area is 95.2 Å². The summed E-state index contributed by atoms with van der Waals surface area (Å²) in [5, 5.41) is 19.4. The number of allylic oxidation sites excluding steroid dienone is 1. The van der Waals surface area contributed by atoms with Gasteiger partial charge in [0.15, 0.2) is 0 Å². The Morgan fingerprint density at radius 2 is 2.31 bits per heavy atom. The van der Waals surface area contributed by atoms with Gasteiger partial charge < -0.3 is 15.5 Å². The second kappa shape index (κ2) is 8.95. The van der Waals surface area contributed by atoms with Gasteiger partial charge in [-0.05, 0) is 12.8 Å². The van der Waals surface area contributed by atoms with Gasteiger partial charge in [0, 0.05) is 19.6 Å². The number of piperidine rings is 1. The van der Waals surface area contributed by atoms with Gasteiger partial charge in [-0.2, -0.15) is 0 Å². The van der Waals surface area contributed by atoms with Crippen molar-refractivity contribution in [2.75, 3.05) is 13.2 Å². The summed E-state index contributed by atoms with van der Waals surface area (Å²) in [7, 11) is 0. The van der Waals surface area contributed by atoms with Crippen LogP contribution in [-0.2, 0) is 9.59 Å². The number of hydrogen-bond acceptors (Lipinski definition) is 4. The average molecular weight is 229 g/mol. The Balaban J connectivity index is 0.000000385. The number of carboxylic acid groups (broad SMARTS) is 1. The van der Waals surface area contributed by atoms with Crippen LogP contribution < -0.4 is 5.32 Å². The van der Waals surface area contributed by atoms with Crippen LogP contribution in [-0.4, -0.2) is 35.3 Å². The molecule has 0 bridgehead atoms. The zero-order valence-corrected chi connectivity index (χ0v) is 9.53. The molecule has 0 aliphatic carbocycles. The maximum Gasteiger partial charge on any atom is 0.306 e. The molecule has 1 fully saturated rings. The first-order valence-corrected chi connectivity index (χ1v) is 5.47. The van der Waals surface area contributed by atoms with Crippen molar-refractivity contribution in [3.8, 4) is 0 Å². The highest BCUT2D eigenvalue weighted by Gasteiger charge is 2.23. The molecule has 0 spiro atoms. The molecular formula is C11H19NO4. The lowest BCUT2D eigenvalue weighted by Crippen LogP contribution is -2.30. The van der Waals surface area contributed by atoms with Crippen LogP contribution in [0.5, 0.6) is 0 Å². The Hall–Kier alpha value is -1.32. The molecule has 0 radical (unpaired) electrons. The van der Waals surface area contributed by atoms with Gasteiger partial charge in [0.05, 0.1) is 11.6 Å². The molecule has 1 aliphatic heterocycles. The number of carboxylic acids is 1. The first kappa shape index (κ1) is 14.7. The molecule has 92 valence electrons. The summed E-state index contributed by atoms with van der Waals surface area (Å²) in [4.78, 5) is 20.6. The molecule has 1 saturated heterocycles. The summed E-state index contributed by atoms with van der Waals surface area (Å²) in [6.07, 6.45) is 2.91. The Morgan fingerprint density at radius 1 is 1.62 bits per heavy atom. The number of nitrogens with one attached hydrogen (secondary N) is 1. The van der Waals surface area contributed by atoms with Crippen molar-refractivity contribution in [2.45, 2.75) is 32.6 Å². The number of carbonyl (C=O) groups is 1. The summed E-state index contributed by atoms with van der Waals surface area (Å²) >= 11 is 0. The second-order valence-electron chi connectivity index (χ2n) is 3.61. The first-order valence-electron chi connectivity index (χ1n) is 5.47. The lowest BCUT2D eigenvalue weighted by atomic mass is 9.96. The molecule has 0 aromatic rings. The molecule has 0 saturated carbocycles. The number of carbonyl (C=O) groups excluding carboxylic acids is 1. The van der Waals surface area contributed by atoms with E-state index >= 15 is 0 Å². The highest BCUT2D eigenvalue weighted by molar-refractivity contribution is 5.71. The molecule has 0 aromatic carbocycles. The van der Waals surface area contributed by atoms with Crippen LogP contribution >= 0.6 is 0 Å². The van der Waals surface area contributed by atoms with Crippen LogP contribution in [0.3, 0.4) is 0 Å². The lowest BCUT2D eigenvalue weighted by molar-refractivity contribution is -0.142. The summed E-state index contributed by atoms with van der Waals surface area (Å²) in [5.41, 5.74) is 0.378. The molecule has 5 nitrogen and oxygen atoms in total. The van der Waals surface area contributed by atoms with E-state index in [9.17, 15) is 9.59 Å². The van der Waals surface area contributed by atoms with Crippen LogP contribution in [0.1, 0.15) is 32.6 Å². The normalized spacial score (nSPS) is 18.9. The monoisotopic (exact) mass is 229 g/mol. The van der Waals surface area contributed by atoms with Crippen LogP contribution in [0.15, 0.2) is 5.70 Å². The molecule has 1 rings (SSSR count). The van der Waals surface area contributed by atoms with Gasteiger partial charge >= 0.3 is 5.97 Å². The number of aliphatic hydroxyl groups excluding tert-OH is 1. The van der Waals surface area contributed by atoms with Crippen molar-refractivity contribution in [3.05, 3.63) is 5.70 Å². The molecule has 16 heavy (non-hydrogen) atoms. The number of unbranched alkanes of at least 4 members (excludes halogenated alkanes) is 1. The molecule has 1 atom stereocenters. The van der Waals surface area contributed by atoms with E-state index in [1.165, 1.54) is 0 Å². The van der Waals surface area contributed by atoms with Crippen molar-refractivity contribution >= 4 is 11.9 Å². The summed E-state index contributed by atoms with van der Waals surface area (Å²) < 4.78 is 0. The molecule has 1 unspecified atom stereocenters. The molecule has 1 aliphatic rings. The third kappa shape index (κ3) is 6.22. The summed E-state index contributed by atoms with van der Waals surface area (Å²) in [6, 6.07) is 0. The topological polar surface area (TPSA) is 86.6 Å². The molecule has 0 amide bonds. The van der Waals surface area contributed by atoms with E-state index in [2.05, 4.69) is 12.2 Å². The third-order valence-corrected chi connectivity index (χ3v) is 2.27. The van der Waals surface area contributed by atoms with E-state index in [4.69, 9.17) is 10.2 Å². The predicted molar refractivity (Wildman–Crippen MR) is 59.6 cm³/mol. The van der Waals surface area contributed by atoms with Gasteiger partial charge in [0.1, 0.15) is 5.94 Å². The Kier molecular flexibility index (Phi) is 8.21. The number of rotatable bonds is 3. The number of aliphatic carboxylic acids is 1. The predicted octanol–water partition coefficient (Wildman–Crippen LogP) is 0.565. The molecule has 1 heterocycles. The minimum absolute atomic E-state index is 0.291. The molecule has 5 heteroatoms. The maximum atomic E-state index is 10.4. The zero-order valence-electron chi connectivity index (χ0n) is 9.53. The van der Waals surface area contributed by atoms with E-state index in [0.29, 0.717) is 31.7 Å². The SMILES string of the molecule is CCCCO.O=C=C1CC(C(=O)O)CCN1. The number of aliphatic hydroxyl groups is 1. The van der Waals surface area contributed by atoms with Gasteiger partial charge in [0.2, 0.25) is 0 Å². The van der Waals surface area contributed by atoms with Crippen LogP contribution in [0, 0.1) is 5.92 Å². The largest absolute Gasteiger partial charge is 0.481 e. The molecule has 0 aromatic heterocycles. The maximum absolute atomic E-state index is 10.4. The lowest BCUT2D eigenvalue weighted by Gasteiger charge is -2.19. The van der Waals surface area contributed by atoms with Gasteiger partial charge in [-0.15, -0.1) is 0 Å². The van der Waals surface area contributed by atoms with E-state index in [0.717, 1.165) is 12.8 Å². The minimum Gasteiger partial charge on any atom is -0.481 e. The fourth-order valence-corrected chi connectivity index (χ4v) is 1.26. The fraction of sp³-hybridized carbons (Fsp3) is 0.727. The van der Waals surface area contributed by atoms with Crippen molar-refractivity contribution < 1.29 is 19.8 Å². The van der Waals surface area contributed by atoms with Crippen LogP contribution in [0.2, 0.25) is 0 Å². The second-order valence-corrected chi connectivity index (χ2v) is 3.61. The Bertz CT molecular complexity index is 257. The Morgan fingerprint density at radius 3 is 2.69 bits per heavy atom. The number of hydrogen-bond donors (Lipinski definition) is 3. The van der Waals surface area contributed by atoms with Crippen molar-refractivity contribution in [1.82, 2.24) is 5.32 Å². The van der Waals surface area contributed by atoms with Gasteiger partial charge in [-0.25, -0.2) is 4.79 Å². The molecule has 3 N–H and O–H groups in total. The summed E-state index contributed by atoms with van der Waals surface area (Å²) in [5.74, 6) is 0.437. The van der Waals surface area contributed by atoms with Crippen molar-refractivity contribution in [3.63, 3.8) is 0 Å². The van der Waals surface area contributed by atoms with Gasteiger partial charge in [-0.1, -0.05) is 13.3 Å². The van der Waals surface area contributed by atoms with Crippen molar-refractivity contribution in [1.29, 1.82) is 0 Å². The van der Waals surface area contributed by atoms with Crippen LogP contribution in [0.25, 0.3) is 0 Å². The van der Waals surface area contributed by atoms with Gasteiger partial charge in [0.25, 0.3) is 0 Å². The van der Waals surface area contributed by atoms with E-state index in [1.54, 1.807) is 5.94 Å². The van der Waals surface area contributed by atoms with E-state index in [-0.39, 0.29) is 0 Å². The minimum atomic E-state index is -0.834. The smallest absolute Gasteiger partial charge is 0.306 e. The standard InChI is InChI=1S/C7H9NO3.C4H10O/c9-4-6-3-5(7(10)11)1-2-8-6;1-2-3-4-5/h5,8H,1-3H2,(H,10,11);5H,2-4H2,1H3. The zero-order chi connectivity index (χ0) is 12.4. The molecular weight excluding hydrogens is 210 g/mol. The van der Waals surface area contributed by atoms with E-state index < -0.39 is 11.9 Å². The van der Waals surface area contributed by atoms with Gasteiger partial charge in [-0.3, -0.25) is 4.79 Å². The van der Waals surface area contributed by atoms with Crippen LogP contribution in [0.4, 0.5) is 0 Å². The fourth-order valence-electron chi connectivity index (χ4n) is 1.26. The highest BCUT2D eigenvalue weighted by atomic mass is 16.4. The quantitative estimate of drug-likeness (QED) is 0.616. The summed E-state index contributed by atoms with van der Waals surface area (Å²) in [6.45, 7) is 2.95. The van der Waals surface area contributed by atoms with E-state index in [1.807, 2.05) is 0 Å².